The molecule has 1 aliphatic rings. The largest absolute Gasteiger partial charge is 0.328 e. The Morgan fingerprint density at radius 3 is 2.73 bits per heavy atom. The van der Waals surface area contributed by atoms with Crippen molar-refractivity contribution in [2.24, 2.45) is 5.73 Å². The average Bonchev–Trinajstić information content (AvgIpc) is 2.18. The van der Waals surface area contributed by atoms with Crippen molar-refractivity contribution in [2.45, 2.75) is 37.6 Å². The molecule has 15 heavy (non-hydrogen) atoms. The number of hydrogen-bond donors (Lipinski definition) is 1. The van der Waals surface area contributed by atoms with Crippen LogP contribution >= 0.6 is 28.3 Å². The number of benzene rings is 1. The molecule has 3 heteroatoms. The van der Waals surface area contributed by atoms with Crippen molar-refractivity contribution in [3.05, 3.63) is 34.3 Å². The molecule has 1 fully saturated rings. The molecule has 2 unspecified atom stereocenters. The van der Waals surface area contributed by atoms with E-state index in [9.17, 15) is 0 Å². The van der Waals surface area contributed by atoms with E-state index in [0.29, 0.717) is 12.0 Å². The maximum absolute atomic E-state index is 5.99. The van der Waals surface area contributed by atoms with E-state index in [1.54, 1.807) is 0 Å². The van der Waals surface area contributed by atoms with Crippen LogP contribution in [-0.4, -0.2) is 6.04 Å². The molecule has 1 aromatic rings. The molecular weight excluding hydrogens is 273 g/mol. The minimum absolute atomic E-state index is 0. The van der Waals surface area contributed by atoms with Crippen molar-refractivity contribution in [3.8, 4) is 0 Å². The van der Waals surface area contributed by atoms with Crippen LogP contribution in [0.3, 0.4) is 0 Å². The lowest BCUT2D eigenvalue weighted by Gasteiger charge is -2.26. The lowest BCUT2D eigenvalue weighted by molar-refractivity contribution is 0.393. The minimum Gasteiger partial charge on any atom is -0.328 e. The van der Waals surface area contributed by atoms with Gasteiger partial charge in [-0.3, -0.25) is 0 Å². The van der Waals surface area contributed by atoms with Gasteiger partial charge >= 0.3 is 0 Å². The number of rotatable bonds is 1. The highest BCUT2D eigenvalue weighted by atomic mass is 79.9. The number of hydrogen-bond acceptors (Lipinski definition) is 1. The maximum Gasteiger partial charge on any atom is 0.0178 e. The first-order valence-electron chi connectivity index (χ1n) is 5.27. The minimum atomic E-state index is 0. The van der Waals surface area contributed by atoms with E-state index >= 15 is 0 Å². The second-order valence-corrected chi connectivity index (χ2v) is 5.09. The van der Waals surface area contributed by atoms with Crippen LogP contribution in [0.4, 0.5) is 0 Å². The Hall–Kier alpha value is -0.0500. The van der Waals surface area contributed by atoms with Gasteiger partial charge in [0.1, 0.15) is 0 Å². The second-order valence-electron chi connectivity index (χ2n) is 4.18. The van der Waals surface area contributed by atoms with Gasteiger partial charge in [0.2, 0.25) is 0 Å². The Balaban J connectivity index is 0.00000112. The van der Waals surface area contributed by atoms with Crippen molar-refractivity contribution in [3.63, 3.8) is 0 Å². The van der Waals surface area contributed by atoms with E-state index in [0.717, 1.165) is 6.42 Å². The fourth-order valence-corrected chi connectivity index (χ4v) is 2.71. The SMILES string of the molecule is Cl.NC1CCCC(c2cccc(Br)c2)C1. The first-order chi connectivity index (χ1) is 6.75. The molecule has 0 radical (unpaired) electrons. The third-order valence-electron chi connectivity index (χ3n) is 3.03. The van der Waals surface area contributed by atoms with Gasteiger partial charge in [-0.05, 0) is 42.9 Å². The molecule has 0 aromatic heterocycles. The summed E-state index contributed by atoms with van der Waals surface area (Å²) < 4.78 is 1.18. The molecule has 0 amide bonds. The van der Waals surface area contributed by atoms with Gasteiger partial charge in [0.15, 0.2) is 0 Å². The molecule has 0 saturated heterocycles. The van der Waals surface area contributed by atoms with E-state index in [4.69, 9.17) is 5.73 Å². The van der Waals surface area contributed by atoms with Gasteiger partial charge in [-0.1, -0.05) is 34.5 Å². The van der Waals surface area contributed by atoms with Crippen molar-refractivity contribution in [2.75, 3.05) is 0 Å². The van der Waals surface area contributed by atoms with Crippen LogP contribution in [0.25, 0.3) is 0 Å². The highest BCUT2D eigenvalue weighted by Crippen LogP contribution is 2.32. The molecule has 1 saturated carbocycles. The van der Waals surface area contributed by atoms with Crippen LogP contribution < -0.4 is 5.73 Å². The average molecular weight is 291 g/mol. The molecule has 0 spiro atoms. The van der Waals surface area contributed by atoms with Gasteiger partial charge in [-0.2, -0.15) is 0 Å². The molecule has 0 aliphatic heterocycles. The molecule has 0 heterocycles. The molecule has 2 N–H and O–H groups in total. The highest BCUT2D eigenvalue weighted by molar-refractivity contribution is 9.10. The Morgan fingerprint density at radius 2 is 2.07 bits per heavy atom. The Bertz CT molecular complexity index is 316. The molecular formula is C12H17BrClN. The molecule has 0 bridgehead atoms. The summed E-state index contributed by atoms with van der Waals surface area (Å²) in [6.45, 7) is 0. The fraction of sp³-hybridized carbons (Fsp3) is 0.500. The van der Waals surface area contributed by atoms with Gasteiger partial charge in [0.05, 0.1) is 0 Å². The van der Waals surface area contributed by atoms with Crippen molar-refractivity contribution in [1.82, 2.24) is 0 Å². The third-order valence-corrected chi connectivity index (χ3v) is 3.53. The van der Waals surface area contributed by atoms with Gasteiger partial charge in [0, 0.05) is 10.5 Å². The van der Waals surface area contributed by atoms with Gasteiger partial charge in [-0.25, -0.2) is 0 Å². The predicted octanol–water partition coefficient (Wildman–Crippen LogP) is 3.86. The predicted molar refractivity (Wildman–Crippen MR) is 70.6 cm³/mol. The topological polar surface area (TPSA) is 26.0 Å². The zero-order valence-electron chi connectivity index (χ0n) is 8.66. The van der Waals surface area contributed by atoms with Gasteiger partial charge in [0.25, 0.3) is 0 Å². The Morgan fingerprint density at radius 1 is 1.27 bits per heavy atom. The standard InChI is InChI=1S/C12H16BrN.ClH/c13-11-5-1-3-9(7-11)10-4-2-6-12(14)8-10;/h1,3,5,7,10,12H,2,4,6,8,14H2;1H. The van der Waals surface area contributed by atoms with Crippen LogP contribution in [-0.2, 0) is 0 Å². The summed E-state index contributed by atoms with van der Waals surface area (Å²) in [4.78, 5) is 0. The Labute approximate surface area is 106 Å². The smallest absolute Gasteiger partial charge is 0.0178 e. The normalized spacial score (nSPS) is 25.7. The van der Waals surface area contributed by atoms with E-state index in [2.05, 4.69) is 40.2 Å². The van der Waals surface area contributed by atoms with E-state index in [1.807, 2.05) is 0 Å². The first kappa shape index (κ1) is 13.0. The van der Waals surface area contributed by atoms with E-state index < -0.39 is 0 Å². The lowest BCUT2D eigenvalue weighted by atomic mass is 9.82. The Kier molecular flexibility index (Phi) is 5.10. The molecule has 2 atom stereocenters. The summed E-state index contributed by atoms with van der Waals surface area (Å²) in [5, 5.41) is 0. The first-order valence-corrected chi connectivity index (χ1v) is 6.06. The van der Waals surface area contributed by atoms with Crippen molar-refractivity contribution < 1.29 is 0 Å². The van der Waals surface area contributed by atoms with Crippen molar-refractivity contribution >= 4 is 28.3 Å². The monoisotopic (exact) mass is 289 g/mol. The zero-order chi connectivity index (χ0) is 9.97. The van der Waals surface area contributed by atoms with Crippen LogP contribution in [0.1, 0.15) is 37.2 Å². The van der Waals surface area contributed by atoms with Gasteiger partial charge < -0.3 is 5.73 Å². The van der Waals surface area contributed by atoms with Crippen LogP contribution in [0, 0.1) is 0 Å². The van der Waals surface area contributed by atoms with Crippen molar-refractivity contribution in [1.29, 1.82) is 0 Å². The zero-order valence-corrected chi connectivity index (χ0v) is 11.1. The molecule has 1 nitrogen and oxygen atoms in total. The molecule has 1 aliphatic carbocycles. The van der Waals surface area contributed by atoms with Crippen LogP contribution in [0.15, 0.2) is 28.7 Å². The van der Waals surface area contributed by atoms with Gasteiger partial charge in [-0.15, -0.1) is 12.4 Å². The third kappa shape index (κ3) is 3.47. The summed E-state index contributed by atoms with van der Waals surface area (Å²) in [6, 6.07) is 9.04. The molecule has 1 aromatic carbocycles. The lowest BCUT2D eigenvalue weighted by Crippen LogP contribution is -2.26. The maximum atomic E-state index is 5.99. The highest BCUT2D eigenvalue weighted by Gasteiger charge is 2.20. The van der Waals surface area contributed by atoms with Crippen LogP contribution in [0.2, 0.25) is 0 Å². The van der Waals surface area contributed by atoms with Crippen LogP contribution in [0.5, 0.6) is 0 Å². The number of nitrogens with two attached hydrogens (primary N) is 1. The summed E-state index contributed by atoms with van der Waals surface area (Å²) in [6.07, 6.45) is 4.92. The molecule has 84 valence electrons. The summed E-state index contributed by atoms with van der Waals surface area (Å²) in [7, 11) is 0. The summed E-state index contributed by atoms with van der Waals surface area (Å²) in [5.74, 6) is 0.677. The quantitative estimate of drug-likeness (QED) is 0.835. The summed E-state index contributed by atoms with van der Waals surface area (Å²) >= 11 is 3.51. The second kappa shape index (κ2) is 5.88. The fourth-order valence-electron chi connectivity index (χ4n) is 2.29. The number of halogens is 2. The van der Waals surface area contributed by atoms with E-state index in [1.165, 1.54) is 29.3 Å². The molecule has 2 rings (SSSR count). The summed E-state index contributed by atoms with van der Waals surface area (Å²) in [5.41, 5.74) is 7.43. The van der Waals surface area contributed by atoms with E-state index in [-0.39, 0.29) is 12.4 Å².